The number of hydrogen-bond donors (Lipinski definition) is 1. The fourth-order valence-corrected chi connectivity index (χ4v) is 3.19. The average Bonchev–Trinajstić information content (AvgIpc) is 2.59. The van der Waals surface area contributed by atoms with Crippen LogP contribution in [0.1, 0.15) is 23.5 Å². The van der Waals surface area contributed by atoms with Crippen molar-refractivity contribution < 1.29 is 23.1 Å². The van der Waals surface area contributed by atoms with Crippen molar-refractivity contribution >= 4 is 40.8 Å². The molecule has 1 aliphatic carbocycles. The minimum Gasteiger partial charge on any atom is -0.444 e. The lowest BCUT2D eigenvalue weighted by Crippen LogP contribution is -2.46. The van der Waals surface area contributed by atoms with Crippen LogP contribution < -0.4 is 5.32 Å². The molecule has 1 fully saturated rings. The lowest BCUT2D eigenvalue weighted by Gasteiger charge is -2.38. The first-order chi connectivity index (χ1) is 12.3. The van der Waals surface area contributed by atoms with Crippen molar-refractivity contribution in [1.29, 1.82) is 0 Å². The fourth-order valence-electron chi connectivity index (χ4n) is 2.66. The second-order valence-corrected chi connectivity index (χ2v) is 7.23. The number of carbonyl (C=O) groups is 2. The van der Waals surface area contributed by atoms with Crippen LogP contribution in [0.2, 0.25) is 0 Å². The van der Waals surface area contributed by atoms with Crippen molar-refractivity contribution in [2.45, 2.75) is 23.3 Å². The number of Topliss-reactive ketones (excluding diaryl/α,β-unsaturated/α-hetero) is 1. The molecule has 0 aromatic heterocycles. The largest absolute Gasteiger partial charge is 0.444 e. The van der Waals surface area contributed by atoms with Crippen LogP contribution in [0.3, 0.4) is 0 Å². The molecule has 1 atom stereocenters. The second kappa shape index (κ2) is 7.21. The van der Waals surface area contributed by atoms with Gasteiger partial charge in [-0.1, -0.05) is 53.5 Å². The zero-order valence-corrected chi connectivity index (χ0v) is 14.8. The van der Waals surface area contributed by atoms with Crippen LogP contribution in [0.15, 0.2) is 42.5 Å². The first-order valence-corrected chi connectivity index (χ1v) is 8.42. The summed E-state index contributed by atoms with van der Waals surface area (Å²) in [6, 6.07) is 10.8. The van der Waals surface area contributed by atoms with Gasteiger partial charge in [-0.2, -0.15) is 0 Å². The highest BCUT2D eigenvalue weighted by atomic mass is 35.5. The number of rotatable bonds is 4. The monoisotopic (exact) mass is 399 g/mol. The number of ketones is 1. The molecule has 0 aliphatic heterocycles. The highest BCUT2D eigenvalue weighted by Crippen LogP contribution is 2.52. The Bertz CT molecular complexity index is 836. The van der Waals surface area contributed by atoms with E-state index < -0.39 is 33.8 Å². The predicted octanol–water partition coefficient (Wildman–Crippen LogP) is 4.94. The number of amides is 1. The molecule has 0 heterocycles. The van der Waals surface area contributed by atoms with Crippen molar-refractivity contribution in [3.63, 3.8) is 0 Å². The van der Waals surface area contributed by atoms with E-state index in [1.54, 1.807) is 24.3 Å². The zero-order valence-electron chi connectivity index (χ0n) is 13.3. The molecule has 8 heteroatoms. The molecular weight excluding hydrogens is 387 g/mol. The normalized spacial score (nSPS) is 18.2. The molecule has 2 aromatic rings. The van der Waals surface area contributed by atoms with E-state index in [0.717, 1.165) is 17.7 Å². The first kappa shape index (κ1) is 18.6. The summed E-state index contributed by atoms with van der Waals surface area (Å²) in [5, 5.41) is 2.25. The standard InChI is InChI=1S/C18H13Cl2F2NO3/c19-18(20)12(8-15(18)24)16-13(21)6-11(7-14(16)22)23-17(25)26-9-10-4-2-1-3-5-10/h1-7,12H,8-9H2,(H,23,25). The summed E-state index contributed by atoms with van der Waals surface area (Å²) in [7, 11) is 0. The van der Waals surface area contributed by atoms with Crippen LogP contribution in [-0.4, -0.2) is 16.2 Å². The van der Waals surface area contributed by atoms with Gasteiger partial charge in [-0.15, -0.1) is 0 Å². The van der Waals surface area contributed by atoms with Crippen molar-refractivity contribution in [3.05, 3.63) is 65.2 Å². The Morgan fingerprint density at radius 3 is 2.35 bits per heavy atom. The maximum Gasteiger partial charge on any atom is 0.411 e. The van der Waals surface area contributed by atoms with Crippen LogP contribution in [0, 0.1) is 11.6 Å². The Kier molecular flexibility index (Phi) is 5.16. The number of halogens is 4. The Morgan fingerprint density at radius 1 is 1.19 bits per heavy atom. The lowest BCUT2D eigenvalue weighted by molar-refractivity contribution is -0.125. The summed E-state index contributed by atoms with van der Waals surface area (Å²) >= 11 is 11.6. The summed E-state index contributed by atoms with van der Waals surface area (Å²) in [6.45, 7) is 0.0148. The summed E-state index contributed by atoms with van der Waals surface area (Å²) in [5.74, 6) is -3.37. The molecule has 136 valence electrons. The van der Waals surface area contributed by atoms with E-state index >= 15 is 0 Å². The number of nitrogens with one attached hydrogen (secondary N) is 1. The van der Waals surface area contributed by atoms with Crippen molar-refractivity contribution in [3.8, 4) is 0 Å². The first-order valence-electron chi connectivity index (χ1n) is 7.67. The molecule has 1 unspecified atom stereocenters. The summed E-state index contributed by atoms with van der Waals surface area (Å²) in [6.07, 6.45) is -1.00. The van der Waals surface area contributed by atoms with E-state index in [-0.39, 0.29) is 24.3 Å². The van der Waals surface area contributed by atoms with Crippen LogP contribution in [0.25, 0.3) is 0 Å². The summed E-state index contributed by atoms with van der Waals surface area (Å²) in [5.41, 5.74) is 0.269. The number of hydrogen-bond acceptors (Lipinski definition) is 3. The molecule has 0 saturated heterocycles. The maximum absolute atomic E-state index is 14.3. The Labute approximate surface area is 158 Å². The molecule has 1 N–H and O–H groups in total. The zero-order chi connectivity index (χ0) is 18.9. The van der Waals surface area contributed by atoms with Crippen molar-refractivity contribution in [1.82, 2.24) is 0 Å². The number of ether oxygens (including phenoxy) is 1. The summed E-state index contributed by atoms with van der Waals surface area (Å²) in [4.78, 5) is 23.2. The molecular formula is C18H13Cl2F2NO3. The van der Waals surface area contributed by atoms with Gasteiger partial charge in [-0.25, -0.2) is 13.6 Å². The third-order valence-corrected chi connectivity index (χ3v) is 5.03. The van der Waals surface area contributed by atoms with Gasteiger partial charge in [-0.05, 0) is 17.7 Å². The highest BCUT2D eigenvalue weighted by Gasteiger charge is 2.55. The van der Waals surface area contributed by atoms with Gasteiger partial charge in [0.1, 0.15) is 18.2 Å². The average molecular weight is 400 g/mol. The molecule has 2 aromatic carbocycles. The van der Waals surface area contributed by atoms with Gasteiger partial charge in [0.05, 0.1) is 0 Å². The molecule has 26 heavy (non-hydrogen) atoms. The predicted molar refractivity (Wildman–Crippen MR) is 93.4 cm³/mol. The minimum atomic E-state index is -1.84. The fraction of sp³-hybridized carbons (Fsp3) is 0.222. The van der Waals surface area contributed by atoms with Gasteiger partial charge in [0.25, 0.3) is 0 Å². The van der Waals surface area contributed by atoms with Gasteiger partial charge in [-0.3, -0.25) is 10.1 Å². The molecule has 0 spiro atoms. The third-order valence-electron chi connectivity index (χ3n) is 4.09. The number of carbonyl (C=O) groups excluding carboxylic acids is 2. The minimum absolute atomic E-state index is 0.0148. The van der Waals surface area contributed by atoms with Gasteiger partial charge in [0.2, 0.25) is 0 Å². The Hall–Kier alpha value is -2.18. The van der Waals surface area contributed by atoms with Crippen LogP contribution in [-0.2, 0) is 16.1 Å². The second-order valence-electron chi connectivity index (χ2n) is 5.84. The van der Waals surface area contributed by atoms with E-state index in [2.05, 4.69) is 5.32 Å². The van der Waals surface area contributed by atoms with E-state index in [0.29, 0.717) is 0 Å². The molecule has 1 aliphatic rings. The lowest BCUT2D eigenvalue weighted by atomic mass is 9.77. The molecule has 1 saturated carbocycles. The number of benzene rings is 2. The molecule has 3 rings (SSSR count). The van der Waals surface area contributed by atoms with Gasteiger partial charge < -0.3 is 4.74 Å². The van der Waals surface area contributed by atoms with Crippen molar-refractivity contribution in [2.24, 2.45) is 0 Å². The van der Waals surface area contributed by atoms with E-state index in [1.165, 1.54) is 0 Å². The van der Waals surface area contributed by atoms with Gasteiger partial charge in [0, 0.05) is 23.6 Å². The molecule has 1 amide bonds. The third kappa shape index (κ3) is 3.66. The van der Waals surface area contributed by atoms with E-state index in [9.17, 15) is 18.4 Å². The Morgan fingerprint density at radius 2 is 1.81 bits per heavy atom. The smallest absolute Gasteiger partial charge is 0.411 e. The summed E-state index contributed by atoms with van der Waals surface area (Å²) < 4.78 is 31.7. The van der Waals surface area contributed by atoms with E-state index in [1.807, 2.05) is 6.07 Å². The quantitative estimate of drug-likeness (QED) is 0.740. The van der Waals surface area contributed by atoms with Crippen molar-refractivity contribution in [2.75, 3.05) is 5.32 Å². The highest BCUT2D eigenvalue weighted by molar-refractivity contribution is 6.61. The molecule has 4 nitrogen and oxygen atoms in total. The van der Waals surface area contributed by atoms with E-state index in [4.69, 9.17) is 27.9 Å². The van der Waals surface area contributed by atoms with Crippen LogP contribution >= 0.6 is 23.2 Å². The number of alkyl halides is 2. The maximum atomic E-state index is 14.3. The SMILES string of the molecule is O=C(Nc1cc(F)c(C2CC(=O)C2(Cl)Cl)c(F)c1)OCc1ccccc1. The van der Waals surface area contributed by atoms with Gasteiger partial charge in [0.15, 0.2) is 10.1 Å². The molecule has 0 bridgehead atoms. The number of anilines is 1. The van der Waals surface area contributed by atoms with Crippen LogP contribution in [0.5, 0.6) is 0 Å². The van der Waals surface area contributed by atoms with Crippen LogP contribution in [0.4, 0.5) is 19.3 Å². The Balaban J connectivity index is 1.68. The molecule has 0 radical (unpaired) electrons. The topological polar surface area (TPSA) is 55.4 Å². The van der Waals surface area contributed by atoms with Gasteiger partial charge >= 0.3 is 6.09 Å².